The summed E-state index contributed by atoms with van der Waals surface area (Å²) in [4.78, 5) is 12.1. The number of Topliss-reactive ketones (excluding diaryl/α,β-unsaturated/α-hetero) is 1. The molecule has 1 aliphatic carbocycles. The summed E-state index contributed by atoms with van der Waals surface area (Å²) in [5.74, 6) is 0.348. The summed E-state index contributed by atoms with van der Waals surface area (Å²) in [6, 6.07) is 6.36. The minimum Gasteiger partial charge on any atom is -0.330 e. The van der Waals surface area contributed by atoms with Crippen molar-refractivity contribution >= 4 is 15.6 Å². The van der Waals surface area contributed by atoms with Gasteiger partial charge in [0.25, 0.3) is 0 Å². The van der Waals surface area contributed by atoms with Gasteiger partial charge in [0.05, 0.1) is 10.6 Å². The summed E-state index contributed by atoms with van der Waals surface area (Å²) in [6.45, 7) is 0.276. The van der Waals surface area contributed by atoms with E-state index in [1.807, 2.05) is 0 Å². The molecule has 116 valence electrons. The Morgan fingerprint density at radius 1 is 1.19 bits per heavy atom. The quantitative estimate of drug-likeness (QED) is 0.819. The van der Waals surface area contributed by atoms with Gasteiger partial charge in [0.1, 0.15) is 0 Å². The fourth-order valence-electron chi connectivity index (χ4n) is 2.90. The van der Waals surface area contributed by atoms with Crippen molar-refractivity contribution < 1.29 is 13.2 Å². The number of hydrogen-bond donors (Lipinski definition) is 1. The van der Waals surface area contributed by atoms with Crippen molar-refractivity contribution in [1.29, 1.82) is 0 Å². The van der Waals surface area contributed by atoms with Gasteiger partial charge in [0.15, 0.2) is 15.6 Å². The van der Waals surface area contributed by atoms with Gasteiger partial charge in [-0.15, -0.1) is 0 Å². The molecule has 21 heavy (non-hydrogen) atoms. The molecule has 0 unspecified atom stereocenters. The molecule has 0 radical (unpaired) electrons. The molecule has 4 nitrogen and oxygen atoms in total. The maximum absolute atomic E-state index is 12.5. The first-order valence-electron chi connectivity index (χ1n) is 7.59. The zero-order valence-corrected chi connectivity index (χ0v) is 13.1. The minimum absolute atomic E-state index is 0.104. The first-order chi connectivity index (χ1) is 10.0. The van der Waals surface area contributed by atoms with Gasteiger partial charge in [-0.3, -0.25) is 4.79 Å². The van der Waals surface area contributed by atoms with Crippen LogP contribution in [0.3, 0.4) is 0 Å². The smallest absolute Gasteiger partial charge is 0.178 e. The van der Waals surface area contributed by atoms with Gasteiger partial charge in [-0.05, 0) is 37.4 Å². The highest BCUT2D eigenvalue weighted by molar-refractivity contribution is 7.91. The first-order valence-corrected chi connectivity index (χ1v) is 9.24. The summed E-state index contributed by atoms with van der Waals surface area (Å²) in [6.07, 6.45) is 5.67. The van der Waals surface area contributed by atoms with Crippen LogP contribution in [0.1, 0.15) is 48.9 Å². The molecule has 0 amide bonds. The highest BCUT2D eigenvalue weighted by Crippen LogP contribution is 2.27. The highest BCUT2D eigenvalue weighted by atomic mass is 32.2. The number of benzene rings is 1. The van der Waals surface area contributed by atoms with Gasteiger partial charge in [-0.25, -0.2) is 8.42 Å². The molecule has 0 aliphatic heterocycles. The molecule has 1 aromatic carbocycles. The van der Waals surface area contributed by atoms with Crippen LogP contribution in [0.4, 0.5) is 0 Å². The van der Waals surface area contributed by atoms with E-state index in [-0.39, 0.29) is 35.3 Å². The minimum atomic E-state index is -3.31. The Bertz CT molecular complexity index is 589. The Kier molecular flexibility index (Phi) is 5.53. The van der Waals surface area contributed by atoms with Gasteiger partial charge < -0.3 is 5.73 Å². The van der Waals surface area contributed by atoms with E-state index in [0.29, 0.717) is 5.56 Å². The standard InChI is InChI=1S/C16H23NO3S/c17-10-9-16(18)14-7-4-8-15(11-14)21(19,20)12-13-5-2-1-3-6-13/h4,7-8,11,13H,1-3,5-6,9-10,12,17H2. The molecular weight excluding hydrogens is 286 g/mol. The van der Waals surface area contributed by atoms with Crippen LogP contribution in [0, 0.1) is 5.92 Å². The predicted octanol–water partition coefficient (Wildman–Crippen LogP) is 2.57. The molecule has 1 aromatic rings. The Hall–Kier alpha value is -1.20. The normalized spacial score (nSPS) is 16.8. The van der Waals surface area contributed by atoms with Crippen LogP contribution in [0.15, 0.2) is 29.2 Å². The molecule has 0 aromatic heterocycles. The van der Waals surface area contributed by atoms with Crippen molar-refractivity contribution in [3.8, 4) is 0 Å². The van der Waals surface area contributed by atoms with E-state index in [2.05, 4.69) is 0 Å². The van der Waals surface area contributed by atoms with Crippen LogP contribution in [0.25, 0.3) is 0 Å². The zero-order valence-electron chi connectivity index (χ0n) is 12.3. The summed E-state index contributed by atoms with van der Waals surface area (Å²) in [5, 5.41) is 0. The third-order valence-electron chi connectivity index (χ3n) is 4.07. The van der Waals surface area contributed by atoms with Crippen LogP contribution >= 0.6 is 0 Å². The van der Waals surface area contributed by atoms with Gasteiger partial charge in [-0.1, -0.05) is 31.4 Å². The maximum atomic E-state index is 12.5. The molecule has 5 heteroatoms. The molecule has 0 spiro atoms. The van der Waals surface area contributed by atoms with Crippen LogP contribution in [0.5, 0.6) is 0 Å². The van der Waals surface area contributed by atoms with Crippen molar-refractivity contribution in [2.24, 2.45) is 11.7 Å². The molecule has 1 aliphatic rings. The number of hydrogen-bond acceptors (Lipinski definition) is 4. The molecule has 1 saturated carbocycles. The van der Waals surface area contributed by atoms with Crippen LogP contribution in [-0.4, -0.2) is 26.5 Å². The lowest BCUT2D eigenvalue weighted by molar-refractivity contribution is 0.0985. The molecule has 0 saturated heterocycles. The second-order valence-electron chi connectivity index (χ2n) is 5.78. The maximum Gasteiger partial charge on any atom is 0.178 e. The molecule has 0 heterocycles. The molecule has 0 atom stereocenters. The molecule has 2 rings (SSSR count). The average Bonchev–Trinajstić information content (AvgIpc) is 2.48. The number of sulfone groups is 1. The van der Waals surface area contributed by atoms with Crippen molar-refractivity contribution in [1.82, 2.24) is 0 Å². The Morgan fingerprint density at radius 2 is 1.90 bits per heavy atom. The zero-order chi connectivity index (χ0) is 15.3. The molecular formula is C16H23NO3S. The van der Waals surface area contributed by atoms with E-state index in [4.69, 9.17) is 5.73 Å². The Balaban J connectivity index is 2.15. The SMILES string of the molecule is NCCC(=O)c1cccc(S(=O)(=O)CC2CCCCC2)c1. The first kappa shape index (κ1) is 16.2. The lowest BCUT2D eigenvalue weighted by Gasteiger charge is -2.21. The van der Waals surface area contributed by atoms with E-state index in [0.717, 1.165) is 25.7 Å². The van der Waals surface area contributed by atoms with Crippen LogP contribution < -0.4 is 5.73 Å². The van der Waals surface area contributed by atoms with E-state index < -0.39 is 9.84 Å². The Labute approximate surface area is 126 Å². The van der Waals surface area contributed by atoms with Gasteiger partial charge in [0.2, 0.25) is 0 Å². The summed E-state index contributed by atoms with van der Waals surface area (Å²) in [5.41, 5.74) is 5.81. The summed E-state index contributed by atoms with van der Waals surface area (Å²) >= 11 is 0. The number of carbonyl (C=O) groups is 1. The Morgan fingerprint density at radius 3 is 2.57 bits per heavy atom. The van der Waals surface area contributed by atoms with E-state index in [1.54, 1.807) is 18.2 Å². The average molecular weight is 309 g/mol. The molecule has 2 N–H and O–H groups in total. The number of carbonyl (C=O) groups excluding carboxylic acids is 1. The second kappa shape index (κ2) is 7.18. The summed E-state index contributed by atoms with van der Waals surface area (Å²) in [7, 11) is -3.31. The second-order valence-corrected chi connectivity index (χ2v) is 7.81. The molecule has 0 bridgehead atoms. The lowest BCUT2D eigenvalue weighted by Crippen LogP contribution is -2.19. The number of nitrogens with two attached hydrogens (primary N) is 1. The van der Waals surface area contributed by atoms with E-state index in [9.17, 15) is 13.2 Å². The number of rotatable bonds is 6. The van der Waals surface area contributed by atoms with Crippen molar-refractivity contribution in [3.63, 3.8) is 0 Å². The van der Waals surface area contributed by atoms with E-state index in [1.165, 1.54) is 12.5 Å². The fraction of sp³-hybridized carbons (Fsp3) is 0.562. The van der Waals surface area contributed by atoms with Crippen molar-refractivity contribution in [2.45, 2.75) is 43.4 Å². The van der Waals surface area contributed by atoms with Crippen LogP contribution in [0.2, 0.25) is 0 Å². The van der Waals surface area contributed by atoms with Crippen molar-refractivity contribution in [3.05, 3.63) is 29.8 Å². The third-order valence-corrected chi connectivity index (χ3v) is 5.95. The highest BCUT2D eigenvalue weighted by Gasteiger charge is 2.23. The summed E-state index contributed by atoms with van der Waals surface area (Å²) < 4.78 is 25.0. The molecule has 1 fully saturated rings. The van der Waals surface area contributed by atoms with Gasteiger partial charge >= 0.3 is 0 Å². The van der Waals surface area contributed by atoms with Gasteiger partial charge in [-0.2, -0.15) is 0 Å². The van der Waals surface area contributed by atoms with Gasteiger partial charge in [0, 0.05) is 12.0 Å². The van der Waals surface area contributed by atoms with E-state index >= 15 is 0 Å². The largest absolute Gasteiger partial charge is 0.330 e. The van der Waals surface area contributed by atoms with Crippen molar-refractivity contribution in [2.75, 3.05) is 12.3 Å². The van der Waals surface area contributed by atoms with Crippen LogP contribution in [-0.2, 0) is 9.84 Å². The lowest BCUT2D eigenvalue weighted by atomic mass is 9.91. The topological polar surface area (TPSA) is 77.2 Å². The monoisotopic (exact) mass is 309 g/mol. The number of ketones is 1. The predicted molar refractivity (Wildman–Crippen MR) is 83.1 cm³/mol. The fourth-order valence-corrected chi connectivity index (χ4v) is 4.64. The third kappa shape index (κ3) is 4.38.